The molecule has 0 unspecified atom stereocenters. The van der Waals surface area contributed by atoms with Gasteiger partial charge in [0, 0.05) is 0 Å². The van der Waals surface area contributed by atoms with Gasteiger partial charge in [0.2, 0.25) is 0 Å². The third kappa shape index (κ3) is 1.41. The Morgan fingerprint density at radius 1 is 1.11 bits per heavy atom. The zero-order valence-electron chi connectivity index (χ0n) is 5.33. The summed E-state index contributed by atoms with van der Waals surface area (Å²) < 4.78 is 0. The first-order chi connectivity index (χ1) is 4.22. The quantitative estimate of drug-likeness (QED) is 0.404. The summed E-state index contributed by atoms with van der Waals surface area (Å²) in [6, 6.07) is -0.418. The van der Waals surface area contributed by atoms with Gasteiger partial charge in [-0.1, -0.05) is 0 Å². The van der Waals surface area contributed by atoms with Crippen molar-refractivity contribution in [3.63, 3.8) is 0 Å². The zero-order valence-corrected chi connectivity index (χ0v) is 5.33. The molecule has 0 radical (unpaired) electrons. The highest BCUT2D eigenvalue weighted by molar-refractivity contribution is 4.83. The van der Waals surface area contributed by atoms with E-state index >= 15 is 0 Å². The summed E-state index contributed by atoms with van der Waals surface area (Å²) in [4.78, 5) is 0. The maximum absolute atomic E-state index is 9.06. The Labute approximate surface area is 54.5 Å². The molecule has 54 valence electrons. The van der Waals surface area contributed by atoms with E-state index in [9.17, 15) is 0 Å². The minimum absolute atomic E-state index is 0.418. The van der Waals surface area contributed by atoms with Crippen LogP contribution in [0.5, 0.6) is 0 Å². The second-order valence-electron chi connectivity index (χ2n) is 2.64. The molecule has 1 aliphatic rings. The normalized spacial score (nSPS) is 39.0. The molecular weight excluding hydrogens is 118 g/mol. The maximum Gasteiger partial charge on any atom is 0.0716 e. The van der Waals surface area contributed by atoms with E-state index in [0.717, 1.165) is 19.3 Å². The third-order valence-corrected chi connectivity index (χ3v) is 1.89. The van der Waals surface area contributed by atoms with Crippen LogP contribution in [-0.4, -0.2) is 28.5 Å². The van der Waals surface area contributed by atoms with Crippen LogP contribution in [-0.2, 0) is 0 Å². The van der Waals surface area contributed by atoms with Gasteiger partial charge in [-0.15, -0.1) is 0 Å². The lowest BCUT2D eigenvalue weighted by atomic mass is 9.91. The monoisotopic (exact) mass is 131 g/mol. The lowest BCUT2D eigenvalue weighted by Crippen LogP contribution is -2.47. The van der Waals surface area contributed by atoms with Gasteiger partial charge in [0.05, 0.1) is 18.2 Å². The first-order valence-corrected chi connectivity index (χ1v) is 3.33. The van der Waals surface area contributed by atoms with Gasteiger partial charge in [0.1, 0.15) is 0 Å². The fourth-order valence-corrected chi connectivity index (χ4v) is 1.18. The Kier molecular flexibility index (Phi) is 2.05. The molecule has 9 heavy (non-hydrogen) atoms. The van der Waals surface area contributed by atoms with E-state index < -0.39 is 18.2 Å². The average molecular weight is 131 g/mol. The van der Waals surface area contributed by atoms with Crippen LogP contribution in [0.25, 0.3) is 0 Å². The smallest absolute Gasteiger partial charge is 0.0716 e. The van der Waals surface area contributed by atoms with Crippen LogP contribution in [0.1, 0.15) is 19.3 Å². The Balaban J connectivity index is 2.41. The van der Waals surface area contributed by atoms with Crippen LogP contribution in [0.3, 0.4) is 0 Å². The van der Waals surface area contributed by atoms with Gasteiger partial charge in [0.25, 0.3) is 0 Å². The highest BCUT2D eigenvalue weighted by Crippen LogP contribution is 2.16. The highest BCUT2D eigenvalue weighted by Gasteiger charge is 2.26. The van der Waals surface area contributed by atoms with Gasteiger partial charge in [-0.2, -0.15) is 0 Å². The Bertz CT molecular complexity index is 87.1. The van der Waals surface area contributed by atoms with E-state index in [1.54, 1.807) is 0 Å². The lowest BCUT2D eigenvalue weighted by molar-refractivity contribution is 0.0177. The van der Waals surface area contributed by atoms with E-state index in [-0.39, 0.29) is 0 Å². The van der Waals surface area contributed by atoms with Gasteiger partial charge in [-0.25, -0.2) is 0 Å². The van der Waals surface area contributed by atoms with Gasteiger partial charge >= 0.3 is 0 Å². The molecule has 0 aromatic rings. The van der Waals surface area contributed by atoms with E-state index in [2.05, 4.69) is 0 Å². The van der Waals surface area contributed by atoms with Gasteiger partial charge < -0.3 is 15.9 Å². The summed E-state index contributed by atoms with van der Waals surface area (Å²) in [7, 11) is 0. The van der Waals surface area contributed by atoms with Crippen LogP contribution < -0.4 is 5.73 Å². The standard InChI is InChI=1S/C6H13NO2/c7-6-4(8)2-1-3-5(6)9/h4-6,8-9H,1-3,7H2/t4-,5-/m0/s1. The first-order valence-electron chi connectivity index (χ1n) is 3.33. The minimum Gasteiger partial charge on any atom is -0.391 e. The summed E-state index contributed by atoms with van der Waals surface area (Å²) in [5.41, 5.74) is 5.42. The van der Waals surface area contributed by atoms with Gasteiger partial charge in [0.15, 0.2) is 0 Å². The molecule has 4 N–H and O–H groups in total. The van der Waals surface area contributed by atoms with Crippen LogP contribution in [0.4, 0.5) is 0 Å². The Morgan fingerprint density at radius 3 is 1.89 bits per heavy atom. The number of rotatable bonds is 0. The molecular formula is C6H13NO2. The van der Waals surface area contributed by atoms with E-state index in [1.807, 2.05) is 0 Å². The van der Waals surface area contributed by atoms with E-state index in [0.29, 0.717) is 0 Å². The number of aliphatic hydroxyl groups excluding tert-OH is 2. The summed E-state index contributed by atoms with van der Waals surface area (Å²) in [5, 5.41) is 18.1. The van der Waals surface area contributed by atoms with Gasteiger partial charge in [-0.05, 0) is 19.3 Å². The molecule has 0 aliphatic heterocycles. The van der Waals surface area contributed by atoms with Crippen molar-refractivity contribution in [2.24, 2.45) is 5.73 Å². The van der Waals surface area contributed by atoms with Crippen molar-refractivity contribution < 1.29 is 10.2 Å². The molecule has 0 aromatic carbocycles. The number of nitrogens with two attached hydrogens (primary N) is 1. The molecule has 1 rings (SSSR count). The SMILES string of the molecule is NC1[C@@H](O)CCC[C@@H]1O. The molecule has 0 saturated heterocycles. The molecule has 3 heteroatoms. The number of hydrogen-bond acceptors (Lipinski definition) is 3. The molecule has 3 nitrogen and oxygen atoms in total. The zero-order chi connectivity index (χ0) is 6.85. The summed E-state index contributed by atoms with van der Waals surface area (Å²) in [5.74, 6) is 0. The molecule has 1 aliphatic carbocycles. The molecule has 2 atom stereocenters. The fourth-order valence-electron chi connectivity index (χ4n) is 1.18. The molecule has 0 spiro atoms. The van der Waals surface area contributed by atoms with Crippen molar-refractivity contribution in [3.8, 4) is 0 Å². The van der Waals surface area contributed by atoms with Gasteiger partial charge in [-0.3, -0.25) is 0 Å². The summed E-state index contributed by atoms with van der Waals surface area (Å²) in [6.45, 7) is 0. The largest absolute Gasteiger partial charge is 0.391 e. The van der Waals surface area contributed by atoms with E-state index in [1.165, 1.54) is 0 Å². The Hall–Kier alpha value is -0.120. The van der Waals surface area contributed by atoms with Crippen molar-refractivity contribution in [1.29, 1.82) is 0 Å². The Morgan fingerprint density at radius 2 is 1.56 bits per heavy atom. The molecule has 1 fully saturated rings. The van der Waals surface area contributed by atoms with E-state index in [4.69, 9.17) is 15.9 Å². The first kappa shape index (κ1) is 6.99. The predicted molar refractivity (Wildman–Crippen MR) is 33.8 cm³/mol. The molecule has 0 aromatic heterocycles. The fraction of sp³-hybridized carbons (Fsp3) is 1.00. The molecule has 0 heterocycles. The third-order valence-electron chi connectivity index (χ3n) is 1.89. The van der Waals surface area contributed by atoms with Crippen molar-refractivity contribution in [3.05, 3.63) is 0 Å². The second-order valence-corrected chi connectivity index (χ2v) is 2.64. The summed E-state index contributed by atoms with van der Waals surface area (Å²) >= 11 is 0. The summed E-state index contributed by atoms with van der Waals surface area (Å²) in [6.07, 6.45) is 1.37. The van der Waals surface area contributed by atoms with Crippen molar-refractivity contribution in [2.75, 3.05) is 0 Å². The van der Waals surface area contributed by atoms with Crippen LogP contribution >= 0.6 is 0 Å². The number of hydrogen-bond donors (Lipinski definition) is 3. The van der Waals surface area contributed by atoms with Crippen LogP contribution in [0, 0.1) is 0 Å². The predicted octanol–water partition coefficient (Wildman–Crippen LogP) is -0.781. The lowest BCUT2D eigenvalue weighted by Gasteiger charge is -2.28. The van der Waals surface area contributed by atoms with Crippen molar-refractivity contribution in [1.82, 2.24) is 0 Å². The van der Waals surface area contributed by atoms with Crippen molar-refractivity contribution >= 4 is 0 Å². The number of aliphatic hydroxyl groups is 2. The highest BCUT2D eigenvalue weighted by atomic mass is 16.3. The molecule has 1 saturated carbocycles. The van der Waals surface area contributed by atoms with Crippen molar-refractivity contribution in [2.45, 2.75) is 37.5 Å². The molecule has 0 bridgehead atoms. The minimum atomic E-state index is -0.492. The van der Waals surface area contributed by atoms with Crippen LogP contribution in [0.15, 0.2) is 0 Å². The van der Waals surface area contributed by atoms with Crippen LogP contribution in [0.2, 0.25) is 0 Å². The second kappa shape index (κ2) is 2.64. The average Bonchev–Trinajstić information content (AvgIpc) is 1.83. The topological polar surface area (TPSA) is 66.5 Å². The molecule has 0 amide bonds. The maximum atomic E-state index is 9.06.